The molecule has 254 valence electrons. The van der Waals surface area contributed by atoms with Crippen LogP contribution in [0.5, 0.6) is 11.5 Å². The molecule has 2 fully saturated rings. The van der Waals surface area contributed by atoms with Gasteiger partial charge in [0.05, 0.1) is 35.0 Å². The lowest BCUT2D eigenvalue weighted by molar-refractivity contribution is -0.384. The smallest absolute Gasteiger partial charge is 0.269 e. The van der Waals surface area contributed by atoms with E-state index in [4.69, 9.17) is 4.74 Å². The number of nitro groups is 1. The number of ketones is 2. The molecule has 2 amide bonds. The monoisotopic (exact) mass is 680 g/mol. The van der Waals surface area contributed by atoms with Crippen molar-refractivity contribution in [2.45, 2.75) is 24.2 Å². The molecule has 0 radical (unpaired) electrons. The molecular formula is C41H32N2O8. The van der Waals surface area contributed by atoms with E-state index in [0.717, 1.165) is 10.5 Å². The summed E-state index contributed by atoms with van der Waals surface area (Å²) < 4.78 is 5.35. The van der Waals surface area contributed by atoms with E-state index >= 15 is 4.79 Å². The maximum Gasteiger partial charge on any atom is 0.269 e. The molecule has 6 atom stereocenters. The van der Waals surface area contributed by atoms with Gasteiger partial charge in [-0.25, -0.2) is 0 Å². The maximum absolute atomic E-state index is 15.1. The van der Waals surface area contributed by atoms with Crippen molar-refractivity contribution < 1.29 is 33.9 Å². The molecule has 4 aromatic carbocycles. The van der Waals surface area contributed by atoms with Gasteiger partial charge in [0, 0.05) is 29.5 Å². The third kappa shape index (κ3) is 4.70. The van der Waals surface area contributed by atoms with Gasteiger partial charge in [0.1, 0.15) is 0 Å². The van der Waals surface area contributed by atoms with Crippen molar-refractivity contribution >= 4 is 40.3 Å². The second-order valence-corrected chi connectivity index (χ2v) is 13.5. The zero-order chi connectivity index (χ0) is 35.6. The molecule has 10 heteroatoms. The summed E-state index contributed by atoms with van der Waals surface area (Å²) in [5.41, 5.74) is 1.48. The standard InChI is InChI=1S/C41H32N2O8/c1-51-34-19-12-24(20-33(34)44)37-28-17-18-29-36(40(48)42(39(29)47)26-13-15-27(16-14-26)43(49)50)31(28)21-32-38(46)30(23-8-4-2-5-9-23)22-35(45)41(32,37)25-10-6-3-7-11-25/h2-17,19-20,22,29,31-32,36-37,44H,18,21H2,1H3/t29-,31+,32-,36-,37-,41-/m0/s1. The fourth-order valence-electron chi connectivity index (χ4n) is 9.11. The highest BCUT2D eigenvalue weighted by atomic mass is 16.6. The van der Waals surface area contributed by atoms with Gasteiger partial charge >= 0.3 is 0 Å². The first kappa shape index (κ1) is 32.1. The molecule has 1 N–H and O–H groups in total. The number of benzene rings is 4. The molecule has 0 bridgehead atoms. The zero-order valence-electron chi connectivity index (χ0n) is 27.5. The molecule has 1 aliphatic heterocycles. The third-order valence-electron chi connectivity index (χ3n) is 11.2. The zero-order valence-corrected chi connectivity index (χ0v) is 27.5. The van der Waals surface area contributed by atoms with Crippen molar-refractivity contribution in [1.82, 2.24) is 0 Å². The lowest BCUT2D eigenvalue weighted by atomic mass is 9.44. The first-order chi connectivity index (χ1) is 24.7. The number of hydrogen-bond donors (Lipinski definition) is 1. The van der Waals surface area contributed by atoms with Crippen molar-refractivity contribution in [2.75, 3.05) is 12.0 Å². The Morgan fingerprint density at radius 2 is 1.55 bits per heavy atom. The first-order valence-corrected chi connectivity index (χ1v) is 16.8. The molecule has 4 aliphatic rings. The highest BCUT2D eigenvalue weighted by Crippen LogP contribution is 2.64. The number of carbonyl (C=O) groups is 4. The maximum atomic E-state index is 15.1. The second kappa shape index (κ2) is 12.0. The largest absolute Gasteiger partial charge is 0.504 e. The fourth-order valence-corrected chi connectivity index (χ4v) is 9.11. The van der Waals surface area contributed by atoms with Gasteiger partial charge in [-0.15, -0.1) is 0 Å². The number of amides is 2. The van der Waals surface area contributed by atoms with Crippen LogP contribution >= 0.6 is 0 Å². The topological polar surface area (TPSA) is 144 Å². The minimum Gasteiger partial charge on any atom is -0.504 e. The van der Waals surface area contributed by atoms with E-state index in [2.05, 4.69) is 0 Å². The van der Waals surface area contributed by atoms with Crippen LogP contribution < -0.4 is 9.64 Å². The normalized spacial score (nSPS) is 26.8. The van der Waals surface area contributed by atoms with Gasteiger partial charge in [-0.2, -0.15) is 0 Å². The van der Waals surface area contributed by atoms with Crippen LogP contribution in [-0.4, -0.2) is 40.5 Å². The number of Topliss-reactive ketones (excluding diaryl/α,β-unsaturated/α-hetero) is 1. The fraction of sp³-hybridized carbons (Fsp3) is 0.220. The summed E-state index contributed by atoms with van der Waals surface area (Å²) in [6.45, 7) is 0. The number of phenols is 1. The molecule has 0 unspecified atom stereocenters. The minimum absolute atomic E-state index is 0.127. The number of phenolic OH excluding ortho intramolecular Hbond substituents is 1. The van der Waals surface area contributed by atoms with E-state index in [1.165, 1.54) is 37.5 Å². The number of imide groups is 1. The Hall–Kier alpha value is -6.16. The van der Waals surface area contributed by atoms with Gasteiger partial charge < -0.3 is 9.84 Å². The Balaban J connectivity index is 1.33. The van der Waals surface area contributed by atoms with Crippen molar-refractivity contribution in [3.8, 4) is 11.5 Å². The molecule has 8 rings (SSSR count). The Labute approximate surface area is 292 Å². The number of aromatic hydroxyl groups is 1. The van der Waals surface area contributed by atoms with E-state index < -0.39 is 51.7 Å². The Kier molecular flexibility index (Phi) is 7.55. The predicted molar refractivity (Wildman–Crippen MR) is 187 cm³/mol. The minimum atomic E-state index is -1.43. The van der Waals surface area contributed by atoms with Crippen molar-refractivity contribution in [3.05, 3.63) is 148 Å². The number of nitrogens with zero attached hydrogens (tertiary/aromatic N) is 2. The van der Waals surface area contributed by atoms with Gasteiger partial charge in [-0.3, -0.25) is 34.2 Å². The van der Waals surface area contributed by atoms with Gasteiger partial charge in [0.15, 0.2) is 23.1 Å². The predicted octanol–water partition coefficient (Wildman–Crippen LogP) is 6.34. The number of fused-ring (bicyclic) bond motifs is 4. The molecule has 10 nitrogen and oxygen atoms in total. The van der Waals surface area contributed by atoms with Crippen LogP contribution in [0.15, 0.2) is 121 Å². The molecular weight excluding hydrogens is 648 g/mol. The van der Waals surface area contributed by atoms with Crippen LogP contribution in [0.4, 0.5) is 11.4 Å². The van der Waals surface area contributed by atoms with Crippen molar-refractivity contribution in [2.24, 2.45) is 23.7 Å². The van der Waals surface area contributed by atoms with Crippen molar-refractivity contribution in [1.29, 1.82) is 0 Å². The van der Waals surface area contributed by atoms with Gasteiger partial charge in [0.25, 0.3) is 5.69 Å². The highest BCUT2D eigenvalue weighted by molar-refractivity contribution is 6.32. The SMILES string of the molecule is COc1ccc([C@H]2C3=CC[C@@H]4C(=O)N(c5ccc([N+](=O)[O-])cc5)C(=O)[C@@H]4[C@@H]3C[C@H]3C(=O)C(c4ccccc4)=CC(=O)[C@@]23c2ccccc2)cc1O. The molecule has 0 spiro atoms. The van der Waals surface area contributed by atoms with Crippen LogP contribution in [0, 0.1) is 33.8 Å². The molecule has 1 heterocycles. The Morgan fingerprint density at radius 1 is 0.863 bits per heavy atom. The number of nitro benzene ring substituents is 1. The number of allylic oxidation sites excluding steroid dienone is 4. The van der Waals surface area contributed by atoms with E-state index in [1.807, 2.05) is 42.5 Å². The third-order valence-corrected chi connectivity index (χ3v) is 11.2. The Morgan fingerprint density at radius 3 is 2.20 bits per heavy atom. The lowest BCUT2D eigenvalue weighted by Crippen LogP contribution is -2.58. The lowest BCUT2D eigenvalue weighted by Gasteiger charge is -2.55. The van der Waals surface area contributed by atoms with E-state index in [9.17, 15) is 29.6 Å². The highest BCUT2D eigenvalue weighted by Gasteiger charge is 2.66. The number of methoxy groups -OCH3 is 1. The quantitative estimate of drug-likeness (QED) is 0.108. The van der Waals surface area contributed by atoms with E-state index in [-0.39, 0.29) is 52.9 Å². The molecule has 4 aromatic rings. The number of hydrogen-bond acceptors (Lipinski definition) is 8. The first-order valence-electron chi connectivity index (χ1n) is 16.8. The van der Waals surface area contributed by atoms with Crippen LogP contribution in [0.2, 0.25) is 0 Å². The molecule has 51 heavy (non-hydrogen) atoms. The number of anilines is 1. The van der Waals surface area contributed by atoms with E-state index in [1.54, 1.807) is 42.5 Å². The number of non-ortho nitro benzene ring substituents is 1. The average molecular weight is 681 g/mol. The van der Waals surface area contributed by atoms with Gasteiger partial charge in [-0.1, -0.05) is 78.4 Å². The molecule has 1 saturated heterocycles. The Bertz CT molecular complexity index is 2190. The average Bonchev–Trinajstić information content (AvgIpc) is 3.41. The van der Waals surface area contributed by atoms with Crippen LogP contribution in [0.1, 0.15) is 35.4 Å². The van der Waals surface area contributed by atoms with E-state index in [0.29, 0.717) is 16.7 Å². The molecule has 0 aromatic heterocycles. The number of rotatable bonds is 6. The van der Waals surface area contributed by atoms with Crippen LogP contribution in [0.3, 0.4) is 0 Å². The summed E-state index contributed by atoms with van der Waals surface area (Å²) in [5, 5.41) is 22.4. The number of ether oxygens (including phenoxy) is 1. The summed E-state index contributed by atoms with van der Waals surface area (Å²) in [6, 6.07) is 28.5. The second-order valence-electron chi connectivity index (χ2n) is 13.5. The summed E-state index contributed by atoms with van der Waals surface area (Å²) in [4.78, 5) is 70.4. The number of carbonyl (C=O) groups excluding carboxylic acids is 4. The van der Waals surface area contributed by atoms with Gasteiger partial charge in [0.2, 0.25) is 11.8 Å². The molecule has 3 aliphatic carbocycles. The summed E-state index contributed by atoms with van der Waals surface area (Å²) in [6.07, 6.45) is 3.73. The van der Waals surface area contributed by atoms with Crippen LogP contribution in [0.25, 0.3) is 5.57 Å². The summed E-state index contributed by atoms with van der Waals surface area (Å²) >= 11 is 0. The summed E-state index contributed by atoms with van der Waals surface area (Å²) in [7, 11) is 1.44. The van der Waals surface area contributed by atoms with Crippen molar-refractivity contribution in [3.63, 3.8) is 0 Å². The van der Waals surface area contributed by atoms with Gasteiger partial charge in [-0.05, 0) is 65.8 Å². The summed E-state index contributed by atoms with van der Waals surface area (Å²) in [5.74, 6) is -5.17. The molecule has 1 saturated carbocycles. The van der Waals surface area contributed by atoms with Crippen LogP contribution in [-0.2, 0) is 24.6 Å².